The smallest absolute Gasteiger partial charge is 0.252 e. The van der Waals surface area contributed by atoms with E-state index < -0.39 is 0 Å². The van der Waals surface area contributed by atoms with E-state index in [1.54, 1.807) is 0 Å². The van der Waals surface area contributed by atoms with Crippen LogP contribution in [0.4, 0.5) is 0 Å². The Balaban J connectivity index is 2.37. The zero-order chi connectivity index (χ0) is 13.9. The van der Waals surface area contributed by atoms with Gasteiger partial charge in [-0.05, 0) is 30.2 Å². The van der Waals surface area contributed by atoms with Gasteiger partial charge >= 0.3 is 0 Å². The van der Waals surface area contributed by atoms with E-state index in [0.29, 0.717) is 12.1 Å². The molecule has 2 aromatic carbocycles. The summed E-state index contributed by atoms with van der Waals surface area (Å²) in [4.78, 5) is 12.4. The van der Waals surface area contributed by atoms with Crippen LogP contribution in [0.3, 0.4) is 0 Å². The molecule has 3 heteroatoms. The van der Waals surface area contributed by atoms with Crippen molar-refractivity contribution < 1.29 is 4.79 Å². The van der Waals surface area contributed by atoms with E-state index in [-0.39, 0.29) is 11.4 Å². The van der Waals surface area contributed by atoms with E-state index in [1.165, 1.54) is 0 Å². The third-order valence-corrected chi connectivity index (χ3v) is 3.68. The molecule has 0 saturated carbocycles. The number of benzene rings is 2. The third kappa shape index (κ3) is 2.76. The molecule has 0 aromatic heterocycles. The monoisotopic (exact) mass is 256 g/mol. The lowest BCUT2D eigenvalue weighted by Gasteiger charge is -2.28. The van der Waals surface area contributed by atoms with Gasteiger partial charge in [-0.1, -0.05) is 43.3 Å². The Labute approximate surface area is 113 Å². The van der Waals surface area contributed by atoms with Gasteiger partial charge in [-0.3, -0.25) is 4.79 Å². The first-order valence-electron chi connectivity index (χ1n) is 6.60. The number of rotatable bonds is 4. The van der Waals surface area contributed by atoms with Crippen LogP contribution >= 0.6 is 0 Å². The number of hydrogen-bond acceptors (Lipinski definition) is 2. The lowest BCUT2D eigenvalue weighted by molar-refractivity contribution is 0.0908. The highest BCUT2D eigenvalue weighted by Gasteiger charge is 2.23. The van der Waals surface area contributed by atoms with E-state index in [9.17, 15) is 4.79 Å². The van der Waals surface area contributed by atoms with E-state index in [2.05, 4.69) is 5.32 Å². The maximum absolute atomic E-state index is 12.4. The number of nitrogens with one attached hydrogen (secondary N) is 1. The molecule has 1 amide bonds. The van der Waals surface area contributed by atoms with Gasteiger partial charge in [-0.15, -0.1) is 0 Å². The maximum atomic E-state index is 12.4. The standard InChI is InChI=1S/C16H20N2O/c1-3-16(2,11-17)18-15(19)14-10-6-8-12-7-4-5-9-13(12)14/h4-10H,3,11,17H2,1-2H3,(H,18,19). The highest BCUT2D eigenvalue weighted by Crippen LogP contribution is 2.19. The van der Waals surface area contributed by atoms with E-state index in [0.717, 1.165) is 17.2 Å². The van der Waals surface area contributed by atoms with Crippen molar-refractivity contribution in [1.29, 1.82) is 0 Å². The summed E-state index contributed by atoms with van der Waals surface area (Å²) >= 11 is 0. The highest BCUT2D eigenvalue weighted by molar-refractivity contribution is 6.07. The van der Waals surface area contributed by atoms with Crippen LogP contribution in [0.2, 0.25) is 0 Å². The predicted octanol–water partition coefficient (Wildman–Crippen LogP) is 2.70. The second-order valence-corrected chi connectivity index (χ2v) is 5.10. The molecule has 0 aliphatic heterocycles. The number of carbonyl (C=O) groups excluding carboxylic acids is 1. The van der Waals surface area contributed by atoms with Crippen LogP contribution in [-0.4, -0.2) is 18.0 Å². The van der Waals surface area contributed by atoms with Gasteiger partial charge in [0.25, 0.3) is 5.91 Å². The van der Waals surface area contributed by atoms with Crippen LogP contribution < -0.4 is 11.1 Å². The molecule has 0 aliphatic rings. The van der Waals surface area contributed by atoms with Gasteiger partial charge in [-0.25, -0.2) is 0 Å². The largest absolute Gasteiger partial charge is 0.346 e. The summed E-state index contributed by atoms with van der Waals surface area (Å²) in [5, 5.41) is 5.08. The first-order chi connectivity index (χ1) is 9.09. The number of hydrogen-bond donors (Lipinski definition) is 2. The molecule has 0 heterocycles. The molecule has 19 heavy (non-hydrogen) atoms. The van der Waals surface area contributed by atoms with E-state index >= 15 is 0 Å². The Morgan fingerprint density at radius 1 is 1.21 bits per heavy atom. The normalized spacial score (nSPS) is 14.1. The fourth-order valence-corrected chi connectivity index (χ4v) is 2.05. The Morgan fingerprint density at radius 2 is 1.89 bits per heavy atom. The molecule has 0 saturated heterocycles. The summed E-state index contributed by atoms with van der Waals surface area (Å²) < 4.78 is 0. The Hall–Kier alpha value is -1.87. The van der Waals surface area contributed by atoms with Gasteiger partial charge in [0.15, 0.2) is 0 Å². The maximum Gasteiger partial charge on any atom is 0.252 e. The highest BCUT2D eigenvalue weighted by atomic mass is 16.1. The van der Waals surface area contributed by atoms with Gasteiger partial charge in [0.05, 0.1) is 0 Å². The topological polar surface area (TPSA) is 55.1 Å². The fourth-order valence-electron chi connectivity index (χ4n) is 2.05. The lowest BCUT2D eigenvalue weighted by atomic mass is 9.97. The van der Waals surface area contributed by atoms with Crippen molar-refractivity contribution in [2.24, 2.45) is 5.73 Å². The minimum absolute atomic E-state index is 0.0633. The summed E-state index contributed by atoms with van der Waals surface area (Å²) in [6.45, 7) is 4.42. The van der Waals surface area contributed by atoms with E-state index in [4.69, 9.17) is 5.73 Å². The first kappa shape index (κ1) is 13.6. The minimum Gasteiger partial charge on any atom is -0.346 e. The van der Waals surface area contributed by atoms with Gasteiger partial charge in [0.2, 0.25) is 0 Å². The molecule has 1 atom stereocenters. The van der Waals surface area contributed by atoms with Crippen LogP contribution in [-0.2, 0) is 0 Å². The second-order valence-electron chi connectivity index (χ2n) is 5.10. The van der Waals surface area contributed by atoms with Crippen molar-refractivity contribution in [2.75, 3.05) is 6.54 Å². The molecule has 0 radical (unpaired) electrons. The van der Waals surface area contributed by atoms with E-state index in [1.807, 2.05) is 56.3 Å². The van der Waals surface area contributed by atoms with Gasteiger partial charge < -0.3 is 11.1 Å². The first-order valence-corrected chi connectivity index (χ1v) is 6.60. The van der Waals surface area contributed by atoms with Crippen molar-refractivity contribution in [3.8, 4) is 0 Å². The van der Waals surface area contributed by atoms with Gasteiger partial charge in [0, 0.05) is 17.6 Å². The molecule has 1 unspecified atom stereocenters. The average molecular weight is 256 g/mol. The summed E-state index contributed by atoms with van der Waals surface area (Å²) in [6.07, 6.45) is 0.806. The summed E-state index contributed by atoms with van der Waals surface area (Å²) in [5.74, 6) is -0.0633. The lowest BCUT2D eigenvalue weighted by Crippen LogP contribution is -2.50. The predicted molar refractivity (Wildman–Crippen MR) is 79.2 cm³/mol. The van der Waals surface area contributed by atoms with Crippen molar-refractivity contribution in [3.05, 3.63) is 48.0 Å². The van der Waals surface area contributed by atoms with Crippen LogP contribution in [0.5, 0.6) is 0 Å². The van der Waals surface area contributed by atoms with Crippen LogP contribution in [0.1, 0.15) is 30.6 Å². The third-order valence-electron chi connectivity index (χ3n) is 3.68. The number of nitrogens with two attached hydrogens (primary N) is 1. The zero-order valence-electron chi connectivity index (χ0n) is 11.4. The molecule has 3 N–H and O–H groups in total. The minimum atomic E-state index is -0.353. The molecule has 2 rings (SSSR count). The molecule has 100 valence electrons. The Morgan fingerprint density at radius 3 is 2.58 bits per heavy atom. The van der Waals surface area contributed by atoms with Crippen LogP contribution in [0.25, 0.3) is 10.8 Å². The summed E-state index contributed by atoms with van der Waals surface area (Å²) in [6, 6.07) is 13.7. The fraction of sp³-hybridized carbons (Fsp3) is 0.312. The Kier molecular flexibility index (Phi) is 3.86. The van der Waals surface area contributed by atoms with Crippen molar-refractivity contribution in [2.45, 2.75) is 25.8 Å². The molecule has 0 spiro atoms. The van der Waals surface area contributed by atoms with Crippen molar-refractivity contribution >= 4 is 16.7 Å². The van der Waals surface area contributed by atoms with Gasteiger partial charge in [-0.2, -0.15) is 0 Å². The van der Waals surface area contributed by atoms with Crippen LogP contribution in [0, 0.1) is 0 Å². The molecular weight excluding hydrogens is 236 g/mol. The Bertz CT molecular complexity index is 583. The number of fused-ring (bicyclic) bond motifs is 1. The van der Waals surface area contributed by atoms with Crippen molar-refractivity contribution in [1.82, 2.24) is 5.32 Å². The molecular formula is C16H20N2O. The molecule has 0 fully saturated rings. The average Bonchev–Trinajstić information content (AvgIpc) is 2.46. The second kappa shape index (κ2) is 5.41. The van der Waals surface area contributed by atoms with Crippen molar-refractivity contribution in [3.63, 3.8) is 0 Å². The number of carbonyl (C=O) groups is 1. The summed E-state index contributed by atoms with van der Waals surface area (Å²) in [7, 11) is 0. The summed E-state index contributed by atoms with van der Waals surface area (Å²) in [5.41, 5.74) is 6.09. The quantitative estimate of drug-likeness (QED) is 0.883. The number of amides is 1. The molecule has 3 nitrogen and oxygen atoms in total. The molecule has 0 bridgehead atoms. The van der Waals surface area contributed by atoms with Gasteiger partial charge in [0.1, 0.15) is 0 Å². The van der Waals surface area contributed by atoms with Crippen LogP contribution in [0.15, 0.2) is 42.5 Å². The SMILES string of the molecule is CCC(C)(CN)NC(=O)c1cccc2ccccc12. The molecule has 0 aliphatic carbocycles. The zero-order valence-corrected chi connectivity index (χ0v) is 11.4. The molecule has 2 aromatic rings.